The molecule has 21 heavy (non-hydrogen) atoms. The molecule has 6 heteroatoms. The van der Waals surface area contributed by atoms with Crippen molar-refractivity contribution in [2.24, 2.45) is 0 Å². The number of carboxylic acids is 1. The number of rotatable bonds is 7. The number of carboxylic acid groups (broad SMARTS) is 1. The average molecular weight is 299 g/mol. The Morgan fingerprint density at radius 3 is 2.52 bits per heavy atom. The van der Waals surface area contributed by atoms with Crippen LogP contribution >= 0.6 is 0 Å². The fourth-order valence-corrected chi connectivity index (χ4v) is 2.43. The molecule has 1 aliphatic rings. The summed E-state index contributed by atoms with van der Waals surface area (Å²) in [6, 6.07) is 0. The summed E-state index contributed by atoms with van der Waals surface area (Å²) < 4.78 is 5.38. The number of hydrogen-bond donors (Lipinski definition) is 2. The number of carbonyl (C=O) groups is 2. The normalized spacial score (nSPS) is 28.4. The van der Waals surface area contributed by atoms with Crippen LogP contribution in [0.2, 0.25) is 0 Å². The number of cyclic esters (lactones) is 1. The first-order valence-electron chi connectivity index (χ1n) is 7.18. The topological polar surface area (TPSA) is 87.1 Å². The molecule has 0 spiro atoms. The van der Waals surface area contributed by atoms with Crippen molar-refractivity contribution in [3.05, 3.63) is 11.6 Å². The number of amides is 1. The summed E-state index contributed by atoms with van der Waals surface area (Å²) in [4.78, 5) is 23.7. The fourth-order valence-electron chi connectivity index (χ4n) is 2.43. The van der Waals surface area contributed by atoms with E-state index in [9.17, 15) is 14.7 Å². The molecule has 120 valence electrons. The predicted octanol–water partition coefficient (Wildman–Crippen LogP) is 2.52. The molecule has 0 aromatic heterocycles. The van der Waals surface area contributed by atoms with E-state index in [1.165, 1.54) is 10.5 Å². The van der Waals surface area contributed by atoms with Crippen molar-refractivity contribution in [3.63, 3.8) is 0 Å². The second-order valence-electron chi connectivity index (χ2n) is 6.09. The molecule has 0 aliphatic carbocycles. The van der Waals surface area contributed by atoms with Crippen molar-refractivity contribution in [2.75, 3.05) is 6.54 Å². The maximum Gasteiger partial charge on any atom is 0.412 e. The van der Waals surface area contributed by atoms with Crippen LogP contribution in [0.15, 0.2) is 11.6 Å². The summed E-state index contributed by atoms with van der Waals surface area (Å²) in [5.41, 5.74) is -1.28. The number of allylic oxidation sites excluding steroid dienone is 2. The van der Waals surface area contributed by atoms with Crippen LogP contribution in [0.3, 0.4) is 0 Å². The first-order valence-corrected chi connectivity index (χ1v) is 7.18. The third-order valence-corrected chi connectivity index (χ3v) is 4.01. The molecular weight excluding hydrogens is 274 g/mol. The molecule has 6 nitrogen and oxygen atoms in total. The van der Waals surface area contributed by atoms with Gasteiger partial charge in [0.2, 0.25) is 0 Å². The van der Waals surface area contributed by atoms with Crippen LogP contribution in [-0.4, -0.2) is 45.0 Å². The fraction of sp³-hybridized carbons (Fsp3) is 0.733. The van der Waals surface area contributed by atoms with E-state index in [0.717, 1.165) is 0 Å². The Labute approximate surface area is 125 Å². The lowest BCUT2D eigenvalue weighted by molar-refractivity contribution is -0.142. The third kappa shape index (κ3) is 3.97. The summed E-state index contributed by atoms with van der Waals surface area (Å²) in [5.74, 6) is -0.923. The van der Waals surface area contributed by atoms with Gasteiger partial charge in [-0.25, -0.2) is 4.79 Å². The third-order valence-electron chi connectivity index (χ3n) is 4.01. The van der Waals surface area contributed by atoms with Crippen LogP contribution in [0.4, 0.5) is 4.79 Å². The molecule has 1 rings (SSSR count). The molecule has 2 atom stereocenters. The first-order chi connectivity index (χ1) is 9.60. The van der Waals surface area contributed by atoms with E-state index in [4.69, 9.17) is 9.84 Å². The average Bonchev–Trinajstić information content (AvgIpc) is 2.48. The van der Waals surface area contributed by atoms with Gasteiger partial charge in [-0.2, -0.15) is 0 Å². The van der Waals surface area contributed by atoms with Gasteiger partial charge in [0.05, 0.1) is 0 Å². The molecule has 1 fully saturated rings. The van der Waals surface area contributed by atoms with E-state index in [2.05, 4.69) is 0 Å². The SMILES string of the molecule is CC(C)=CCCC1(C)OC(=O)N(CCCC(=O)O)C1(C)O. The highest BCUT2D eigenvalue weighted by Gasteiger charge is 2.58. The number of carbonyl (C=O) groups excluding carboxylic acids is 1. The van der Waals surface area contributed by atoms with Crippen LogP contribution in [0.25, 0.3) is 0 Å². The van der Waals surface area contributed by atoms with Gasteiger partial charge >= 0.3 is 12.1 Å². The van der Waals surface area contributed by atoms with Crippen molar-refractivity contribution in [1.29, 1.82) is 0 Å². The minimum atomic E-state index is -1.45. The van der Waals surface area contributed by atoms with E-state index >= 15 is 0 Å². The number of aliphatic hydroxyl groups is 1. The summed E-state index contributed by atoms with van der Waals surface area (Å²) in [5, 5.41) is 19.3. The van der Waals surface area contributed by atoms with E-state index in [1.807, 2.05) is 19.9 Å². The van der Waals surface area contributed by atoms with Gasteiger partial charge in [0, 0.05) is 13.0 Å². The summed E-state index contributed by atoms with van der Waals surface area (Å²) in [6.07, 6.45) is 2.88. The number of aliphatic carboxylic acids is 1. The highest BCUT2D eigenvalue weighted by molar-refractivity contribution is 5.72. The second kappa shape index (κ2) is 6.47. The van der Waals surface area contributed by atoms with E-state index in [-0.39, 0.29) is 19.4 Å². The van der Waals surface area contributed by atoms with Gasteiger partial charge in [0.15, 0.2) is 11.3 Å². The minimum absolute atomic E-state index is 0.0473. The molecule has 1 amide bonds. The lowest BCUT2D eigenvalue weighted by atomic mass is 9.88. The van der Waals surface area contributed by atoms with Gasteiger partial charge in [-0.1, -0.05) is 11.6 Å². The lowest BCUT2D eigenvalue weighted by Gasteiger charge is -2.37. The lowest BCUT2D eigenvalue weighted by Crippen LogP contribution is -2.55. The van der Waals surface area contributed by atoms with Crippen LogP contribution in [0.5, 0.6) is 0 Å². The molecule has 2 unspecified atom stereocenters. The molecule has 2 N–H and O–H groups in total. The maximum atomic E-state index is 12.0. The van der Waals surface area contributed by atoms with Gasteiger partial charge in [-0.3, -0.25) is 9.69 Å². The van der Waals surface area contributed by atoms with E-state index < -0.39 is 23.4 Å². The largest absolute Gasteiger partial charge is 0.481 e. The molecule has 0 aromatic rings. The van der Waals surface area contributed by atoms with Crippen molar-refractivity contribution < 1.29 is 24.5 Å². The van der Waals surface area contributed by atoms with Gasteiger partial charge in [-0.15, -0.1) is 0 Å². The smallest absolute Gasteiger partial charge is 0.412 e. The minimum Gasteiger partial charge on any atom is -0.481 e. The molecule has 0 radical (unpaired) electrons. The molecule has 1 saturated heterocycles. The van der Waals surface area contributed by atoms with Crippen molar-refractivity contribution in [1.82, 2.24) is 4.90 Å². The Bertz CT molecular complexity index is 439. The summed E-state index contributed by atoms with van der Waals surface area (Å²) in [7, 11) is 0. The van der Waals surface area contributed by atoms with Crippen molar-refractivity contribution in [2.45, 2.75) is 64.7 Å². The number of hydrogen-bond acceptors (Lipinski definition) is 4. The number of nitrogens with zero attached hydrogens (tertiary/aromatic N) is 1. The Morgan fingerprint density at radius 2 is 2.00 bits per heavy atom. The zero-order valence-electron chi connectivity index (χ0n) is 13.2. The molecule has 0 aromatic carbocycles. The van der Waals surface area contributed by atoms with Gasteiger partial charge in [-0.05, 0) is 47.0 Å². The van der Waals surface area contributed by atoms with Crippen LogP contribution in [0.1, 0.15) is 53.4 Å². The Morgan fingerprint density at radius 1 is 1.38 bits per heavy atom. The van der Waals surface area contributed by atoms with Gasteiger partial charge < -0.3 is 14.9 Å². The predicted molar refractivity (Wildman–Crippen MR) is 77.8 cm³/mol. The molecule has 1 heterocycles. The van der Waals surface area contributed by atoms with Gasteiger partial charge in [0.1, 0.15) is 0 Å². The Kier molecular flexibility index (Phi) is 5.39. The van der Waals surface area contributed by atoms with Crippen LogP contribution < -0.4 is 0 Å². The molecular formula is C15H25NO5. The molecule has 0 saturated carbocycles. The standard InChI is InChI=1S/C15H25NO5/c1-11(2)7-5-9-14(3)15(4,20)16(13(19)21-14)10-6-8-12(17)18/h7,20H,5-6,8-10H2,1-4H3,(H,17,18). The van der Waals surface area contributed by atoms with Crippen LogP contribution in [-0.2, 0) is 9.53 Å². The second-order valence-corrected chi connectivity index (χ2v) is 6.09. The quantitative estimate of drug-likeness (QED) is 0.705. The molecule has 0 bridgehead atoms. The van der Waals surface area contributed by atoms with E-state index in [1.54, 1.807) is 13.8 Å². The van der Waals surface area contributed by atoms with Gasteiger partial charge in [0.25, 0.3) is 0 Å². The van der Waals surface area contributed by atoms with Crippen molar-refractivity contribution >= 4 is 12.1 Å². The summed E-state index contributed by atoms with van der Waals surface area (Å²) in [6.45, 7) is 7.39. The highest BCUT2D eigenvalue weighted by Crippen LogP contribution is 2.40. The Hall–Kier alpha value is -1.56. The Balaban J connectivity index is 2.74. The zero-order valence-corrected chi connectivity index (χ0v) is 13.2. The zero-order chi connectivity index (χ0) is 16.3. The highest BCUT2D eigenvalue weighted by atomic mass is 16.6. The monoisotopic (exact) mass is 299 g/mol. The van der Waals surface area contributed by atoms with E-state index in [0.29, 0.717) is 12.8 Å². The van der Waals surface area contributed by atoms with Crippen LogP contribution in [0, 0.1) is 0 Å². The summed E-state index contributed by atoms with van der Waals surface area (Å²) >= 11 is 0. The van der Waals surface area contributed by atoms with Crippen molar-refractivity contribution in [3.8, 4) is 0 Å². The number of ether oxygens (including phenoxy) is 1. The molecule has 1 aliphatic heterocycles. The maximum absolute atomic E-state index is 12.0. The first kappa shape index (κ1) is 17.5.